The van der Waals surface area contributed by atoms with Gasteiger partial charge in [0.15, 0.2) is 5.69 Å². The van der Waals surface area contributed by atoms with Gasteiger partial charge in [-0.2, -0.15) is 5.48 Å². The maximum absolute atomic E-state index is 13.5. The molecular formula is C40H39ClN3O6S+. The van der Waals surface area contributed by atoms with Crippen molar-refractivity contribution in [2.24, 2.45) is 0 Å². The first-order chi connectivity index (χ1) is 24.6. The van der Waals surface area contributed by atoms with Gasteiger partial charge in [0.05, 0.1) is 24.0 Å². The van der Waals surface area contributed by atoms with Gasteiger partial charge in [-0.1, -0.05) is 84.4 Å². The van der Waals surface area contributed by atoms with Crippen LogP contribution < -0.4 is 14.9 Å². The number of aryl methyl sites for hydroxylation is 1. The fraction of sp³-hybridized carbons (Fsp3) is 0.175. The minimum atomic E-state index is -3.79. The zero-order valence-electron chi connectivity index (χ0n) is 28.0. The Bertz CT molecular complexity index is 2200. The summed E-state index contributed by atoms with van der Waals surface area (Å²) < 4.78 is 38.2. The predicted octanol–water partition coefficient (Wildman–Crippen LogP) is 6.81. The van der Waals surface area contributed by atoms with E-state index in [1.165, 1.54) is 12.1 Å². The number of benzene rings is 5. The van der Waals surface area contributed by atoms with Crippen LogP contribution in [-0.4, -0.2) is 42.4 Å². The van der Waals surface area contributed by atoms with Gasteiger partial charge in [0.2, 0.25) is 10.0 Å². The molecule has 0 unspecified atom stereocenters. The van der Waals surface area contributed by atoms with Gasteiger partial charge in [-0.15, -0.1) is 0 Å². The van der Waals surface area contributed by atoms with Crippen LogP contribution in [0.2, 0.25) is 5.02 Å². The number of rotatable bonds is 15. The molecule has 5 aromatic carbocycles. The van der Waals surface area contributed by atoms with Gasteiger partial charge in [0.25, 0.3) is 0 Å². The highest BCUT2D eigenvalue weighted by molar-refractivity contribution is 7.88. The molecular weight excluding hydrogens is 686 g/mol. The number of sulfonamides is 1. The van der Waals surface area contributed by atoms with E-state index in [4.69, 9.17) is 16.3 Å². The molecule has 0 saturated heterocycles. The number of ether oxygens (including phenoxy) is 1. The highest BCUT2D eigenvalue weighted by atomic mass is 35.5. The SMILES string of the molecule is Cc1cccc([NH2+]O)c1CS(=O)(=O)NCCc1c(CCOc2ccc(C(=O)O)cc2)c2cc(Cl)ccc2n1C(c1ccccc1)c1ccccc1. The summed E-state index contributed by atoms with van der Waals surface area (Å²) in [5, 5.41) is 20.5. The topological polar surface area (TPSA) is 134 Å². The number of carboxylic acids is 1. The number of quaternary nitrogens is 1. The van der Waals surface area contributed by atoms with E-state index in [1.807, 2.05) is 67.6 Å². The number of hydrogen-bond donors (Lipinski definition) is 4. The fourth-order valence-electron chi connectivity index (χ4n) is 6.59. The summed E-state index contributed by atoms with van der Waals surface area (Å²) in [6.07, 6.45) is 0.832. The molecule has 0 fully saturated rings. The Morgan fingerprint density at radius 1 is 0.863 bits per heavy atom. The van der Waals surface area contributed by atoms with Crippen LogP contribution in [0.25, 0.3) is 10.9 Å². The zero-order chi connectivity index (χ0) is 36.0. The number of nitrogens with two attached hydrogens (primary N) is 1. The Balaban J connectivity index is 1.40. The van der Waals surface area contributed by atoms with E-state index in [0.29, 0.717) is 34.9 Å². The molecule has 0 aliphatic heterocycles. The van der Waals surface area contributed by atoms with Crippen LogP contribution in [0.4, 0.5) is 5.69 Å². The minimum Gasteiger partial charge on any atom is -0.493 e. The van der Waals surface area contributed by atoms with Gasteiger partial charge in [-0.25, -0.2) is 23.1 Å². The van der Waals surface area contributed by atoms with Crippen LogP contribution in [0.1, 0.15) is 49.9 Å². The first kappa shape index (κ1) is 35.8. The molecule has 0 aliphatic carbocycles. The van der Waals surface area contributed by atoms with Crippen LogP contribution in [0, 0.1) is 6.92 Å². The van der Waals surface area contributed by atoms with E-state index in [2.05, 4.69) is 33.6 Å². The van der Waals surface area contributed by atoms with Crippen LogP contribution >= 0.6 is 11.6 Å². The summed E-state index contributed by atoms with van der Waals surface area (Å²) in [7, 11) is -3.79. The molecule has 6 aromatic rings. The molecule has 1 aromatic heterocycles. The standard InChI is InChI=1S/C40H38ClN3O6S/c1-27-9-8-14-36(43-47)35(27)26-51(48,49)42-23-21-38-33(22-24-50-32-18-15-30(16-19-32)40(45)46)34-25-31(41)17-20-37(34)44(38)39(28-10-4-2-5-11-28)29-12-6-3-7-13-29/h2-20,25,39,42-43,47H,21-24,26H2,1H3,(H,45,46)/p+1. The van der Waals surface area contributed by atoms with E-state index >= 15 is 0 Å². The van der Waals surface area contributed by atoms with Crippen molar-refractivity contribution in [2.75, 3.05) is 13.2 Å². The second kappa shape index (κ2) is 15.9. The molecule has 11 heteroatoms. The summed E-state index contributed by atoms with van der Waals surface area (Å²) in [4.78, 5) is 11.3. The summed E-state index contributed by atoms with van der Waals surface area (Å²) >= 11 is 6.61. The molecule has 0 radical (unpaired) electrons. The Labute approximate surface area is 302 Å². The summed E-state index contributed by atoms with van der Waals surface area (Å²) in [6.45, 7) is 2.23. The second-order valence-corrected chi connectivity index (χ2v) is 14.5. The molecule has 262 valence electrons. The van der Waals surface area contributed by atoms with Crippen molar-refractivity contribution >= 4 is 44.2 Å². The van der Waals surface area contributed by atoms with E-state index in [9.17, 15) is 23.5 Å². The number of carboxylic acid groups (broad SMARTS) is 1. The van der Waals surface area contributed by atoms with Crippen LogP contribution in [0.5, 0.6) is 5.75 Å². The van der Waals surface area contributed by atoms with Crippen molar-refractivity contribution in [1.82, 2.24) is 9.29 Å². The summed E-state index contributed by atoms with van der Waals surface area (Å²) in [5.41, 5.74) is 7.85. The summed E-state index contributed by atoms with van der Waals surface area (Å²) in [5.74, 6) is -0.745. The zero-order valence-corrected chi connectivity index (χ0v) is 29.6. The molecule has 6 rings (SSSR count). The molecule has 0 aliphatic rings. The largest absolute Gasteiger partial charge is 0.493 e. The van der Waals surface area contributed by atoms with Crippen LogP contribution in [0.3, 0.4) is 0 Å². The van der Waals surface area contributed by atoms with Gasteiger partial charge in [0.1, 0.15) is 5.75 Å². The monoisotopic (exact) mass is 724 g/mol. The quantitative estimate of drug-likeness (QED) is 0.0680. The normalized spacial score (nSPS) is 11.7. The molecule has 0 saturated carbocycles. The third-order valence-corrected chi connectivity index (χ3v) is 10.5. The van der Waals surface area contributed by atoms with E-state index < -0.39 is 16.0 Å². The van der Waals surface area contributed by atoms with Gasteiger partial charge < -0.3 is 14.4 Å². The lowest BCUT2D eigenvalue weighted by atomic mass is 9.97. The lowest BCUT2D eigenvalue weighted by Gasteiger charge is -2.25. The predicted molar refractivity (Wildman–Crippen MR) is 199 cm³/mol. The van der Waals surface area contributed by atoms with Crippen molar-refractivity contribution in [3.8, 4) is 5.75 Å². The van der Waals surface area contributed by atoms with E-state index in [-0.39, 0.29) is 30.5 Å². The number of carbonyl (C=O) groups is 1. The number of aromatic carboxylic acids is 1. The average Bonchev–Trinajstić information content (AvgIpc) is 3.41. The molecule has 0 bridgehead atoms. The Morgan fingerprint density at radius 3 is 2.16 bits per heavy atom. The Kier molecular flexibility index (Phi) is 11.2. The van der Waals surface area contributed by atoms with Gasteiger partial charge in [-0.05, 0) is 71.6 Å². The Morgan fingerprint density at radius 2 is 1.53 bits per heavy atom. The molecule has 0 atom stereocenters. The molecule has 51 heavy (non-hydrogen) atoms. The number of aromatic nitrogens is 1. The van der Waals surface area contributed by atoms with Crippen molar-refractivity contribution in [3.63, 3.8) is 0 Å². The van der Waals surface area contributed by atoms with Crippen LogP contribution in [0.15, 0.2) is 121 Å². The smallest absolute Gasteiger partial charge is 0.335 e. The second-order valence-electron chi connectivity index (χ2n) is 12.3. The van der Waals surface area contributed by atoms with Crippen molar-refractivity contribution < 1.29 is 33.7 Å². The molecule has 9 nitrogen and oxygen atoms in total. The first-order valence-corrected chi connectivity index (χ1v) is 18.6. The number of nitrogens with zero attached hydrogens (tertiary/aromatic N) is 1. The molecule has 0 spiro atoms. The minimum absolute atomic E-state index is 0.122. The van der Waals surface area contributed by atoms with Crippen molar-refractivity contribution in [3.05, 3.63) is 165 Å². The van der Waals surface area contributed by atoms with Crippen LogP contribution in [-0.2, 0) is 28.6 Å². The highest BCUT2D eigenvalue weighted by Crippen LogP contribution is 2.38. The van der Waals surface area contributed by atoms with E-state index in [0.717, 1.165) is 44.3 Å². The number of fused-ring (bicyclic) bond motifs is 1. The number of halogens is 1. The summed E-state index contributed by atoms with van der Waals surface area (Å²) in [6, 6.07) is 37.5. The number of hydrogen-bond acceptors (Lipinski definition) is 5. The first-order valence-electron chi connectivity index (χ1n) is 16.6. The average molecular weight is 725 g/mol. The fourth-order valence-corrected chi connectivity index (χ4v) is 8.05. The Hall–Kier alpha value is -4.97. The van der Waals surface area contributed by atoms with Crippen molar-refractivity contribution in [2.45, 2.75) is 31.6 Å². The van der Waals surface area contributed by atoms with Gasteiger partial charge in [0, 0.05) is 52.6 Å². The molecule has 0 amide bonds. The third kappa shape index (κ3) is 8.33. The van der Waals surface area contributed by atoms with Gasteiger partial charge in [-0.3, -0.25) is 0 Å². The maximum atomic E-state index is 13.5. The van der Waals surface area contributed by atoms with E-state index in [1.54, 1.807) is 24.3 Å². The number of nitrogens with one attached hydrogen (secondary N) is 1. The van der Waals surface area contributed by atoms with Gasteiger partial charge >= 0.3 is 5.97 Å². The molecule has 1 heterocycles. The molecule has 5 N–H and O–H groups in total. The lowest BCUT2D eigenvalue weighted by Crippen LogP contribution is -2.74. The van der Waals surface area contributed by atoms with Crippen molar-refractivity contribution in [1.29, 1.82) is 0 Å². The highest BCUT2D eigenvalue weighted by Gasteiger charge is 2.26. The third-order valence-electron chi connectivity index (χ3n) is 9.00. The lowest BCUT2D eigenvalue weighted by molar-refractivity contribution is -0.826. The maximum Gasteiger partial charge on any atom is 0.335 e.